The van der Waals surface area contributed by atoms with Crippen LogP contribution in [0.1, 0.15) is 18.4 Å². The Morgan fingerprint density at radius 1 is 1.57 bits per heavy atom. The van der Waals surface area contributed by atoms with Crippen LogP contribution < -0.4 is 10.1 Å². The van der Waals surface area contributed by atoms with Crippen LogP contribution in [0.15, 0.2) is 18.3 Å². The monoisotopic (exact) mass is 192 g/mol. The topological polar surface area (TPSA) is 34.1 Å². The van der Waals surface area contributed by atoms with Gasteiger partial charge >= 0.3 is 0 Å². The average molecular weight is 192 g/mol. The van der Waals surface area contributed by atoms with Crippen LogP contribution in [0.2, 0.25) is 0 Å². The molecule has 0 spiro atoms. The van der Waals surface area contributed by atoms with E-state index in [4.69, 9.17) is 4.74 Å². The number of hydrogen-bond donors (Lipinski definition) is 1. The first-order chi connectivity index (χ1) is 6.84. The summed E-state index contributed by atoms with van der Waals surface area (Å²) >= 11 is 0. The fraction of sp³-hybridized carbons (Fsp3) is 0.545. The molecular formula is C11H16N2O. The summed E-state index contributed by atoms with van der Waals surface area (Å²) < 4.78 is 5.76. The summed E-state index contributed by atoms with van der Waals surface area (Å²) in [6, 6.07) is 3.96. The molecule has 3 heteroatoms. The number of nitrogens with one attached hydrogen (secondary N) is 1. The van der Waals surface area contributed by atoms with Gasteiger partial charge in [0, 0.05) is 18.8 Å². The third kappa shape index (κ3) is 2.45. The molecule has 1 fully saturated rings. The molecule has 1 atom stereocenters. The molecule has 0 amide bonds. The van der Waals surface area contributed by atoms with Crippen LogP contribution >= 0.6 is 0 Å². The number of pyridine rings is 1. The van der Waals surface area contributed by atoms with Gasteiger partial charge in [0.05, 0.1) is 0 Å². The number of aryl methyl sites for hydroxylation is 1. The zero-order valence-electron chi connectivity index (χ0n) is 8.49. The van der Waals surface area contributed by atoms with Crippen LogP contribution in [0.3, 0.4) is 0 Å². The first kappa shape index (κ1) is 9.46. The van der Waals surface area contributed by atoms with E-state index in [1.165, 1.54) is 12.0 Å². The quantitative estimate of drug-likeness (QED) is 0.771. The minimum absolute atomic E-state index is 0.290. The summed E-state index contributed by atoms with van der Waals surface area (Å²) in [4.78, 5) is 4.18. The molecule has 0 radical (unpaired) electrons. The molecule has 1 aromatic heterocycles. The highest BCUT2D eigenvalue weighted by Gasteiger charge is 2.14. The summed E-state index contributed by atoms with van der Waals surface area (Å²) in [5, 5.41) is 3.32. The van der Waals surface area contributed by atoms with Gasteiger partial charge in [-0.05, 0) is 37.9 Å². The van der Waals surface area contributed by atoms with E-state index in [-0.39, 0.29) is 6.10 Å². The lowest BCUT2D eigenvalue weighted by Crippen LogP contribution is -2.37. The fourth-order valence-electron chi connectivity index (χ4n) is 1.66. The Morgan fingerprint density at radius 3 is 3.21 bits per heavy atom. The second kappa shape index (κ2) is 4.42. The van der Waals surface area contributed by atoms with Crippen LogP contribution in [0.4, 0.5) is 0 Å². The Hall–Kier alpha value is -1.09. The van der Waals surface area contributed by atoms with E-state index in [9.17, 15) is 0 Å². The molecule has 0 aliphatic carbocycles. The number of aromatic nitrogens is 1. The van der Waals surface area contributed by atoms with Crippen molar-refractivity contribution in [2.45, 2.75) is 25.9 Å². The van der Waals surface area contributed by atoms with Crippen LogP contribution in [0, 0.1) is 6.92 Å². The van der Waals surface area contributed by atoms with Gasteiger partial charge in [0.1, 0.15) is 6.10 Å². The normalized spacial score (nSPS) is 21.9. The van der Waals surface area contributed by atoms with Crippen LogP contribution in [0.25, 0.3) is 0 Å². The fourth-order valence-corrected chi connectivity index (χ4v) is 1.66. The van der Waals surface area contributed by atoms with Crippen LogP contribution in [-0.4, -0.2) is 24.2 Å². The maximum absolute atomic E-state index is 5.76. The number of ether oxygens (including phenoxy) is 1. The van der Waals surface area contributed by atoms with E-state index in [1.807, 2.05) is 19.1 Å². The van der Waals surface area contributed by atoms with Crippen molar-refractivity contribution in [3.05, 3.63) is 23.9 Å². The number of piperidine rings is 1. The average Bonchev–Trinajstić information content (AvgIpc) is 2.19. The predicted octanol–water partition coefficient (Wildman–Crippen LogP) is 1.52. The molecule has 2 rings (SSSR count). The molecule has 76 valence electrons. The molecule has 1 aromatic rings. The van der Waals surface area contributed by atoms with E-state index >= 15 is 0 Å². The van der Waals surface area contributed by atoms with Gasteiger partial charge in [-0.2, -0.15) is 0 Å². The predicted molar refractivity (Wildman–Crippen MR) is 55.5 cm³/mol. The highest BCUT2D eigenvalue weighted by molar-refractivity contribution is 5.18. The van der Waals surface area contributed by atoms with E-state index < -0.39 is 0 Å². The standard InChI is InChI=1S/C11H16N2O/c1-9-4-6-13-11(7-9)14-10-3-2-5-12-8-10/h4,6-7,10,12H,2-3,5,8H2,1H3. The molecule has 2 heterocycles. The van der Waals surface area contributed by atoms with Gasteiger partial charge in [-0.15, -0.1) is 0 Å². The second-order valence-corrected chi connectivity index (χ2v) is 3.76. The second-order valence-electron chi connectivity index (χ2n) is 3.76. The Kier molecular flexibility index (Phi) is 2.99. The van der Waals surface area contributed by atoms with E-state index in [0.29, 0.717) is 0 Å². The molecular weight excluding hydrogens is 176 g/mol. The van der Waals surface area contributed by atoms with Crippen molar-refractivity contribution >= 4 is 0 Å². The van der Waals surface area contributed by atoms with Gasteiger partial charge < -0.3 is 10.1 Å². The summed E-state index contributed by atoms with van der Waals surface area (Å²) in [6.07, 6.45) is 4.40. The lowest BCUT2D eigenvalue weighted by Gasteiger charge is -2.23. The minimum atomic E-state index is 0.290. The van der Waals surface area contributed by atoms with Crippen molar-refractivity contribution in [1.82, 2.24) is 10.3 Å². The molecule has 1 N–H and O–H groups in total. The summed E-state index contributed by atoms with van der Waals surface area (Å²) in [5.74, 6) is 0.749. The minimum Gasteiger partial charge on any atom is -0.473 e. The molecule has 0 saturated carbocycles. The SMILES string of the molecule is Cc1ccnc(OC2CCCNC2)c1. The third-order valence-corrected chi connectivity index (χ3v) is 2.43. The smallest absolute Gasteiger partial charge is 0.213 e. The zero-order chi connectivity index (χ0) is 9.80. The number of hydrogen-bond acceptors (Lipinski definition) is 3. The van der Waals surface area contributed by atoms with Gasteiger partial charge in [0.15, 0.2) is 0 Å². The first-order valence-electron chi connectivity index (χ1n) is 5.14. The molecule has 1 saturated heterocycles. The molecule has 3 nitrogen and oxygen atoms in total. The van der Waals surface area contributed by atoms with E-state index in [1.54, 1.807) is 6.20 Å². The largest absolute Gasteiger partial charge is 0.473 e. The van der Waals surface area contributed by atoms with Crippen molar-refractivity contribution in [2.24, 2.45) is 0 Å². The number of nitrogens with zero attached hydrogens (tertiary/aromatic N) is 1. The van der Waals surface area contributed by atoms with Gasteiger partial charge in [-0.1, -0.05) is 0 Å². The van der Waals surface area contributed by atoms with Gasteiger partial charge in [0.2, 0.25) is 5.88 Å². The molecule has 1 aliphatic heterocycles. The van der Waals surface area contributed by atoms with Crippen LogP contribution in [0.5, 0.6) is 5.88 Å². The lowest BCUT2D eigenvalue weighted by atomic mass is 10.1. The van der Waals surface area contributed by atoms with Gasteiger partial charge in [-0.25, -0.2) is 4.98 Å². The van der Waals surface area contributed by atoms with Crippen molar-refractivity contribution in [2.75, 3.05) is 13.1 Å². The maximum atomic E-state index is 5.76. The summed E-state index contributed by atoms with van der Waals surface area (Å²) in [6.45, 7) is 4.10. The lowest BCUT2D eigenvalue weighted by molar-refractivity contribution is 0.160. The van der Waals surface area contributed by atoms with Crippen molar-refractivity contribution in [3.63, 3.8) is 0 Å². The van der Waals surface area contributed by atoms with Crippen molar-refractivity contribution in [1.29, 1.82) is 0 Å². The first-order valence-corrected chi connectivity index (χ1v) is 5.14. The molecule has 0 aromatic carbocycles. The Labute approximate surface area is 84.5 Å². The van der Waals surface area contributed by atoms with E-state index in [2.05, 4.69) is 10.3 Å². The summed E-state index contributed by atoms with van der Waals surface area (Å²) in [7, 11) is 0. The van der Waals surface area contributed by atoms with Crippen LogP contribution in [-0.2, 0) is 0 Å². The molecule has 0 bridgehead atoms. The maximum Gasteiger partial charge on any atom is 0.213 e. The van der Waals surface area contributed by atoms with E-state index in [0.717, 1.165) is 25.4 Å². The Bertz CT molecular complexity index is 295. The molecule has 1 aliphatic rings. The van der Waals surface area contributed by atoms with Gasteiger partial charge in [-0.3, -0.25) is 0 Å². The van der Waals surface area contributed by atoms with Crippen molar-refractivity contribution < 1.29 is 4.74 Å². The highest BCUT2D eigenvalue weighted by atomic mass is 16.5. The molecule has 14 heavy (non-hydrogen) atoms. The highest BCUT2D eigenvalue weighted by Crippen LogP contribution is 2.13. The summed E-state index contributed by atoms with van der Waals surface area (Å²) in [5.41, 5.74) is 1.19. The van der Waals surface area contributed by atoms with Gasteiger partial charge in [0.25, 0.3) is 0 Å². The Morgan fingerprint density at radius 2 is 2.50 bits per heavy atom. The third-order valence-electron chi connectivity index (χ3n) is 2.43. The zero-order valence-corrected chi connectivity index (χ0v) is 8.49. The molecule has 1 unspecified atom stereocenters. The number of rotatable bonds is 2. The van der Waals surface area contributed by atoms with Crippen molar-refractivity contribution in [3.8, 4) is 5.88 Å². The Balaban J connectivity index is 1.95.